The Morgan fingerprint density at radius 1 is 0.414 bits per heavy atom. The van der Waals surface area contributed by atoms with E-state index in [4.69, 9.17) is 9.05 Å². The lowest BCUT2D eigenvalue weighted by Crippen LogP contribution is -2.45. The highest BCUT2D eigenvalue weighted by molar-refractivity contribution is 7.45. The summed E-state index contributed by atoms with van der Waals surface area (Å²) in [7, 11) is 1.20. The highest BCUT2D eigenvalue weighted by atomic mass is 31.2. The van der Waals surface area contributed by atoms with Gasteiger partial charge >= 0.3 is 0 Å². The molecule has 1 amide bonds. The van der Waals surface area contributed by atoms with Crippen LogP contribution in [-0.2, 0) is 18.4 Å². The molecular formula is C78H135N2O6P. The molecule has 3 unspecified atom stereocenters. The molecule has 2 N–H and O–H groups in total. The van der Waals surface area contributed by atoms with Crippen LogP contribution >= 0.6 is 7.82 Å². The van der Waals surface area contributed by atoms with Crippen LogP contribution in [0.15, 0.2) is 146 Å². The molecule has 0 aliphatic rings. The zero-order valence-electron chi connectivity index (χ0n) is 56.9. The summed E-state index contributed by atoms with van der Waals surface area (Å²) in [4.78, 5) is 25.6. The molecule has 8 nitrogen and oxygen atoms in total. The van der Waals surface area contributed by atoms with Gasteiger partial charge in [0.05, 0.1) is 39.9 Å². The summed E-state index contributed by atoms with van der Waals surface area (Å²) >= 11 is 0. The van der Waals surface area contributed by atoms with Crippen molar-refractivity contribution in [2.24, 2.45) is 0 Å². The van der Waals surface area contributed by atoms with Crippen molar-refractivity contribution in [2.75, 3.05) is 40.9 Å². The summed E-state index contributed by atoms with van der Waals surface area (Å²) < 4.78 is 23.4. The first-order valence-electron chi connectivity index (χ1n) is 35.7. The van der Waals surface area contributed by atoms with Gasteiger partial charge in [-0.1, -0.05) is 314 Å². The van der Waals surface area contributed by atoms with Crippen LogP contribution in [0.3, 0.4) is 0 Å². The predicted octanol–water partition coefficient (Wildman–Crippen LogP) is 22.5. The van der Waals surface area contributed by atoms with Crippen LogP contribution in [0.5, 0.6) is 0 Å². The molecule has 0 aliphatic heterocycles. The number of aliphatic hydroxyl groups is 1. The van der Waals surface area contributed by atoms with Gasteiger partial charge in [-0.05, 0) is 116 Å². The number of phosphoric ester groups is 1. The second-order valence-electron chi connectivity index (χ2n) is 24.8. The van der Waals surface area contributed by atoms with Gasteiger partial charge in [0.15, 0.2) is 0 Å². The SMILES string of the molecule is CC/C=C\C/C=C\C/C=C\C/C=C\C/C=C\C/C=C\C/C=C\C/C=C\C/C=C\CCCCCCCC(=O)NC(COP(=O)([O-])OCC[N+](C)(C)C)C(O)/C=C/CC/C=C/CC/C=C/CCCCCCCCCCCCCCCCCCCCCCCC. The van der Waals surface area contributed by atoms with Crippen molar-refractivity contribution in [3.05, 3.63) is 146 Å². The molecule has 0 aromatic heterocycles. The zero-order chi connectivity index (χ0) is 63.4. The van der Waals surface area contributed by atoms with Crippen LogP contribution in [0.25, 0.3) is 0 Å². The molecule has 0 rings (SSSR count). The molecule has 3 atom stereocenters. The van der Waals surface area contributed by atoms with Crippen molar-refractivity contribution < 1.29 is 32.9 Å². The number of unbranched alkanes of at least 4 members (excludes halogenated alkanes) is 29. The molecule has 0 aliphatic carbocycles. The molecule has 87 heavy (non-hydrogen) atoms. The van der Waals surface area contributed by atoms with E-state index >= 15 is 0 Å². The van der Waals surface area contributed by atoms with E-state index in [9.17, 15) is 19.4 Å². The number of amides is 1. The lowest BCUT2D eigenvalue weighted by molar-refractivity contribution is -0.870. The van der Waals surface area contributed by atoms with Crippen molar-refractivity contribution >= 4 is 13.7 Å². The fourth-order valence-electron chi connectivity index (χ4n) is 9.77. The first-order chi connectivity index (χ1) is 42.5. The molecule has 0 radical (unpaired) electrons. The van der Waals surface area contributed by atoms with E-state index in [2.05, 4.69) is 153 Å². The first-order valence-corrected chi connectivity index (χ1v) is 37.2. The molecule has 0 saturated carbocycles. The van der Waals surface area contributed by atoms with Gasteiger partial charge in [-0.25, -0.2) is 0 Å². The number of allylic oxidation sites excluding steroid dienone is 23. The Morgan fingerprint density at radius 3 is 1.07 bits per heavy atom. The van der Waals surface area contributed by atoms with Gasteiger partial charge in [-0.2, -0.15) is 0 Å². The fraction of sp³-hybridized carbons (Fsp3) is 0.679. The maximum Gasteiger partial charge on any atom is 0.268 e. The molecule has 9 heteroatoms. The number of carbonyl (C=O) groups excluding carboxylic acids is 1. The predicted molar refractivity (Wildman–Crippen MR) is 380 cm³/mol. The number of aliphatic hydroxyl groups excluding tert-OH is 1. The van der Waals surface area contributed by atoms with Gasteiger partial charge in [0.1, 0.15) is 13.2 Å². The number of likely N-dealkylation sites (N-methyl/N-ethyl adjacent to an activating group) is 1. The molecule has 0 fully saturated rings. The van der Waals surface area contributed by atoms with Crippen molar-refractivity contribution in [3.63, 3.8) is 0 Å². The van der Waals surface area contributed by atoms with Crippen molar-refractivity contribution in [2.45, 2.75) is 302 Å². The van der Waals surface area contributed by atoms with Crippen LogP contribution < -0.4 is 10.2 Å². The molecule has 498 valence electrons. The van der Waals surface area contributed by atoms with Gasteiger partial charge < -0.3 is 28.8 Å². The fourth-order valence-corrected chi connectivity index (χ4v) is 10.5. The summed E-state index contributed by atoms with van der Waals surface area (Å²) in [6.45, 7) is 4.50. The van der Waals surface area contributed by atoms with Gasteiger partial charge in [-0.3, -0.25) is 9.36 Å². The Morgan fingerprint density at radius 2 is 0.713 bits per heavy atom. The Bertz CT molecular complexity index is 1930. The molecule has 0 aromatic carbocycles. The second kappa shape index (κ2) is 66.8. The summed E-state index contributed by atoms with van der Waals surface area (Å²) in [5.41, 5.74) is 0. The highest BCUT2D eigenvalue weighted by Crippen LogP contribution is 2.38. The Hall–Kier alpha value is -3.62. The maximum absolute atomic E-state index is 13.0. The first kappa shape index (κ1) is 83.4. The third kappa shape index (κ3) is 69.7. The van der Waals surface area contributed by atoms with Crippen molar-refractivity contribution in [1.82, 2.24) is 5.32 Å². The van der Waals surface area contributed by atoms with E-state index in [-0.39, 0.29) is 12.5 Å². The average Bonchev–Trinajstić information content (AvgIpc) is 3.71. The Balaban J connectivity index is 4.24. The highest BCUT2D eigenvalue weighted by Gasteiger charge is 2.23. The van der Waals surface area contributed by atoms with E-state index in [1.807, 2.05) is 27.2 Å². The van der Waals surface area contributed by atoms with E-state index in [0.717, 1.165) is 122 Å². The summed E-state index contributed by atoms with van der Waals surface area (Å²) in [6.07, 6.45) is 103. The van der Waals surface area contributed by atoms with Crippen molar-refractivity contribution in [1.29, 1.82) is 0 Å². The monoisotopic (exact) mass is 1230 g/mol. The van der Waals surface area contributed by atoms with Gasteiger partial charge in [-0.15, -0.1) is 0 Å². The minimum absolute atomic E-state index is 0.0212. The van der Waals surface area contributed by atoms with E-state index in [0.29, 0.717) is 17.4 Å². The largest absolute Gasteiger partial charge is 0.756 e. The Kier molecular flexibility index (Phi) is 64.0. The molecule has 0 heterocycles. The minimum Gasteiger partial charge on any atom is -0.756 e. The van der Waals surface area contributed by atoms with E-state index in [1.165, 1.54) is 148 Å². The van der Waals surface area contributed by atoms with Gasteiger partial charge in [0.25, 0.3) is 7.82 Å². The number of quaternary nitrogens is 1. The number of hydrogen-bond donors (Lipinski definition) is 2. The molecular weight excluding hydrogens is 1090 g/mol. The number of carbonyl (C=O) groups is 1. The molecule has 0 bridgehead atoms. The van der Waals surface area contributed by atoms with Gasteiger partial charge in [0.2, 0.25) is 5.91 Å². The number of nitrogens with zero attached hydrogens (tertiary/aromatic N) is 1. The van der Waals surface area contributed by atoms with Crippen LogP contribution in [0, 0.1) is 0 Å². The van der Waals surface area contributed by atoms with Crippen LogP contribution in [0.2, 0.25) is 0 Å². The Labute approximate surface area is 538 Å². The van der Waals surface area contributed by atoms with E-state index in [1.54, 1.807) is 6.08 Å². The quantitative estimate of drug-likeness (QED) is 0.0272. The third-order valence-electron chi connectivity index (χ3n) is 15.3. The van der Waals surface area contributed by atoms with Crippen LogP contribution in [0.1, 0.15) is 290 Å². The molecule has 0 spiro atoms. The van der Waals surface area contributed by atoms with Crippen LogP contribution in [0.4, 0.5) is 0 Å². The number of hydrogen-bond acceptors (Lipinski definition) is 6. The normalized spacial score (nSPS) is 14.5. The number of nitrogens with one attached hydrogen (secondary N) is 1. The summed E-state index contributed by atoms with van der Waals surface area (Å²) in [6, 6.07) is -0.934. The standard InChI is InChI=1S/C78H135N2O6P/c1-6-8-10-12-14-16-18-20-22-24-26-28-30-32-34-36-38-40-42-44-46-48-50-52-54-56-58-60-62-64-66-68-70-72-78(82)79-76(75-86-87(83,84)85-74-73-80(3,4)5)77(81)71-69-67-65-63-61-59-57-55-53-51-49-47-45-43-41-39-37-35-33-31-29-27-25-23-21-19-17-15-13-11-9-7-2/h8,10,14,16,20,22,26,28,32,34,38,40,44,46,50,52-53,55-56,58,61,63,69,71,76-77,81H,6-7,9,11-13,15,17-19,21,23-25,27,29-31,33,35-37,39,41-43,45,47-49,51,54,57,59-60,62,64-68,70,72-75H2,1-5H3,(H-,79,82,83,84)/b10-8-,16-14-,22-20-,28-26-,34-32-,40-38-,46-44-,52-50-,55-53+,58-56-,63-61+,71-69+. The summed E-state index contributed by atoms with van der Waals surface area (Å²) in [5, 5.41) is 13.9. The topological polar surface area (TPSA) is 108 Å². The zero-order valence-corrected chi connectivity index (χ0v) is 57.8. The lowest BCUT2D eigenvalue weighted by Gasteiger charge is -2.29. The van der Waals surface area contributed by atoms with Crippen LogP contribution in [-0.4, -0.2) is 68.5 Å². The second-order valence-corrected chi connectivity index (χ2v) is 26.2. The van der Waals surface area contributed by atoms with Gasteiger partial charge in [0, 0.05) is 6.42 Å². The molecule has 0 aromatic rings. The van der Waals surface area contributed by atoms with Crippen molar-refractivity contribution in [3.8, 4) is 0 Å². The number of phosphoric acid groups is 1. The average molecular weight is 1230 g/mol. The third-order valence-corrected chi connectivity index (χ3v) is 16.2. The maximum atomic E-state index is 13.0. The number of rotatable bonds is 64. The van der Waals surface area contributed by atoms with E-state index < -0.39 is 26.6 Å². The summed E-state index contributed by atoms with van der Waals surface area (Å²) in [5.74, 6) is -0.234. The lowest BCUT2D eigenvalue weighted by atomic mass is 10.0. The smallest absolute Gasteiger partial charge is 0.268 e. The minimum atomic E-state index is -4.63. The molecule has 0 saturated heterocycles.